The first kappa shape index (κ1) is 18.7. The van der Waals surface area contributed by atoms with Gasteiger partial charge in [-0.2, -0.15) is 16.3 Å². The number of esters is 1. The lowest BCUT2D eigenvalue weighted by Crippen LogP contribution is -2.08. The van der Waals surface area contributed by atoms with Crippen molar-refractivity contribution in [3.8, 4) is 11.4 Å². The molecule has 152 valence electrons. The van der Waals surface area contributed by atoms with E-state index in [-0.39, 0.29) is 13.0 Å². The monoisotopic (exact) mass is 422 g/mol. The summed E-state index contributed by atoms with van der Waals surface area (Å²) in [5.41, 5.74) is 4.13. The molecule has 0 unspecified atom stereocenters. The Morgan fingerprint density at radius 3 is 2.90 bits per heavy atom. The Hall–Kier alpha value is -3.26. The molecule has 0 atom stereocenters. The van der Waals surface area contributed by atoms with Crippen molar-refractivity contribution in [2.45, 2.75) is 38.7 Å². The van der Waals surface area contributed by atoms with Crippen molar-refractivity contribution in [2.24, 2.45) is 0 Å². The van der Waals surface area contributed by atoms with Gasteiger partial charge < -0.3 is 13.7 Å². The van der Waals surface area contributed by atoms with E-state index < -0.39 is 11.6 Å². The quantitative estimate of drug-likeness (QED) is 0.341. The Balaban J connectivity index is 1.24. The van der Waals surface area contributed by atoms with E-state index in [4.69, 9.17) is 13.7 Å². The predicted molar refractivity (Wildman–Crippen MR) is 110 cm³/mol. The molecular weight excluding hydrogens is 404 g/mol. The Bertz CT molecular complexity index is 1270. The maximum Gasteiger partial charge on any atom is 0.336 e. The zero-order chi connectivity index (χ0) is 20.5. The number of nitrogens with zero attached hydrogens (tertiary/aromatic N) is 2. The van der Waals surface area contributed by atoms with Gasteiger partial charge in [-0.05, 0) is 54.0 Å². The van der Waals surface area contributed by atoms with Crippen molar-refractivity contribution in [3.05, 3.63) is 68.0 Å². The molecule has 1 aromatic carbocycles. The molecule has 4 aromatic rings. The van der Waals surface area contributed by atoms with Crippen LogP contribution < -0.4 is 5.63 Å². The molecule has 0 fully saturated rings. The molecule has 0 saturated heterocycles. The molecule has 3 aromatic heterocycles. The topological polar surface area (TPSA) is 95.4 Å². The average Bonchev–Trinajstić information content (AvgIpc) is 3.49. The first-order chi connectivity index (χ1) is 14.7. The highest BCUT2D eigenvalue weighted by molar-refractivity contribution is 7.08. The van der Waals surface area contributed by atoms with Gasteiger partial charge in [-0.1, -0.05) is 5.16 Å². The standard InChI is InChI=1S/C22H18N2O5S/c25-20(5-4-19-23-22(24-29-19)15-6-7-30-12-15)27-11-16-10-21(26)28-18-9-14-3-1-2-13(14)8-17(16)18/h6-10,12H,1-5,11H2. The smallest absolute Gasteiger partial charge is 0.336 e. The van der Waals surface area contributed by atoms with Gasteiger partial charge in [0.15, 0.2) is 0 Å². The largest absolute Gasteiger partial charge is 0.461 e. The summed E-state index contributed by atoms with van der Waals surface area (Å²) in [6.07, 6.45) is 3.52. The van der Waals surface area contributed by atoms with E-state index in [1.165, 1.54) is 17.2 Å². The number of fused-ring (bicyclic) bond motifs is 2. The first-order valence-electron chi connectivity index (χ1n) is 9.75. The number of rotatable bonds is 6. The second-order valence-corrected chi connectivity index (χ2v) is 8.03. The summed E-state index contributed by atoms with van der Waals surface area (Å²) in [7, 11) is 0. The first-order valence-corrected chi connectivity index (χ1v) is 10.7. The lowest BCUT2D eigenvalue weighted by Gasteiger charge is -2.09. The summed E-state index contributed by atoms with van der Waals surface area (Å²) >= 11 is 1.55. The van der Waals surface area contributed by atoms with Crippen LogP contribution in [0.15, 0.2) is 48.8 Å². The fourth-order valence-corrected chi connectivity index (χ4v) is 4.35. The molecular formula is C22H18N2O5S. The van der Waals surface area contributed by atoms with E-state index in [1.807, 2.05) is 29.0 Å². The van der Waals surface area contributed by atoms with Gasteiger partial charge >= 0.3 is 11.6 Å². The van der Waals surface area contributed by atoms with Crippen LogP contribution in [0.5, 0.6) is 0 Å². The average molecular weight is 422 g/mol. The summed E-state index contributed by atoms with van der Waals surface area (Å²) in [6, 6.07) is 7.28. The number of benzene rings is 1. The van der Waals surface area contributed by atoms with Crippen LogP contribution in [0.4, 0.5) is 0 Å². The highest BCUT2D eigenvalue weighted by Gasteiger charge is 2.16. The third-order valence-electron chi connectivity index (χ3n) is 5.22. The number of carbonyl (C=O) groups is 1. The molecule has 0 saturated carbocycles. The molecule has 8 heteroatoms. The summed E-state index contributed by atoms with van der Waals surface area (Å²) in [4.78, 5) is 28.4. The minimum Gasteiger partial charge on any atom is -0.461 e. The Morgan fingerprint density at radius 2 is 2.07 bits per heavy atom. The van der Waals surface area contributed by atoms with E-state index in [0.717, 1.165) is 30.2 Å². The molecule has 30 heavy (non-hydrogen) atoms. The van der Waals surface area contributed by atoms with Crippen LogP contribution >= 0.6 is 11.3 Å². The van der Waals surface area contributed by atoms with Crippen LogP contribution in [-0.2, 0) is 35.4 Å². The van der Waals surface area contributed by atoms with E-state index in [2.05, 4.69) is 10.1 Å². The van der Waals surface area contributed by atoms with Gasteiger partial charge in [0.25, 0.3) is 0 Å². The lowest BCUT2D eigenvalue weighted by molar-refractivity contribution is -0.145. The number of carbonyl (C=O) groups excluding carboxylic acids is 1. The highest BCUT2D eigenvalue weighted by atomic mass is 32.1. The van der Waals surface area contributed by atoms with Gasteiger partial charge in [0.1, 0.15) is 12.2 Å². The summed E-state index contributed by atoms with van der Waals surface area (Å²) in [6.45, 7) is 0.0176. The fourth-order valence-electron chi connectivity index (χ4n) is 3.72. The summed E-state index contributed by atoms with van der Waals surface area (Å²) < 4.78 is 16.0. The fraction of sp³-hybridized carbons (Fsp3) is 0.273. The van der Waals surface area contributed by atoms with E-state index >= 15 is 0 Å². The molecule has 0 aliphatic heterocycles. The van der Waals surface area contributed by atoms with Crippen molar-refractivity contribution in [2.75, 3.05) is 0 Å². The predicted octanol–water partition coefficient (Wildman–Crippen LogP) is 4.07. The maximum atomic E-state index is 12.2. The molecule has 0 bridgehead atoms. The number of thiophene rings is 1. The summed E-state index contributed by atoms with van der Waals surface area (Å²) in [5, 5.41) is 8.61. The third-order valence-corrected chi connectivity index (χ3v) is 5.90. The molecule has 0 radical (unpaired) electrons. The normalized spacial score (nSPS) is 12.9. The Kier molecular flexibility index (Phi) is 4.92. The molecule has 5 rings (SSSR count). The SMILES string of the molecule is O=C(CCc1nc(-c2ccsc2)no1)OCc1cc(=O)oc2cc3c(cc12)CCC3. The van der Waals surface area contributed by atoms with Gasteiger partial charge in [-0.3, -0.25) is 4.79 Å². The molecule has 7 nitrogen and oxygen atoms in total. The number of aryl methyl sites for hydroxylation is 3. The van der Waals surface area contributed by atoms with Crippen LogP contribution in [0.25, 0.3) is 22.4 Å². The van der Waals surface area contributed by atoms with Gasteiger partial charge in [0.05, 0.1) is 6.42 Å². The van der Waals surface area contributed by atoms with Crippen molar-refractivity contribution in [1.29, 1.82) is 0 Å². The van der Waals surface area contributed by atoms with E-state index in [9.17, 15) is 9.59 Å². The molecule has 0 spiro atoms. The second-order valence-electron chi connectivity index (χ2n) is 7.25. The molecule has 0 N–H and O–H groups in total. The number of hydrogen-bond donors (Lipinski definition) is 0. The minimum atomic E-state index is -0.446. The Labute approximate surface area is 175 Å². The van der Waals surface area contributed by atoms with Crippen molar-refractivity contribution < 1.29 is 18.5 Å². The Morgan fingerprint density at radius 1 is 1.20 bits per heavy atom. The van der Waals surface area contributed by atoms with E-state index in [0.29, 0.717) is 29.3 Å². The van der Waals surface area contributed by atoms with Crippen LogP contribution in [0.3, 0.4) is 0 Å². The van der Waals surface area contributed by atoms with E-state index in [1.54, 1.807) is 11.3 Å². The molecule has 1 aliphatic carbocycles. The van der Waals surface area contributed by atoms with Crippen LogP contribution in [0, 0.1) is 0 Å². The maximum absolute atomic E-state index is 12.2. The van der Waals surface area contributed by atoms with Gasteiger partial charge in [0, 0.05) is 34.4 Å². The van der Waals surface area contributed by atoms with Crippen LogP contribution in [0.2, 0.25) is 0 Å². The van der Waals surface area contributed by atoms with Crippen LogP contribution in [0.1, 0.15) is 35.4 Å². The van der Waals surface area contributed by atoms with Crippen molar-refractivity contribution >= 4 is 28.3 Å². The number of aromatic nitrogens is 2. The van der Waals surface area contributed by atoms with Gasteiger partial charge in [-0.25, -0.2) is 4.79 Å². The number of hydrogen-bond acceptors (Lipinski definition) is 8. The third kappa shape index (κ3) is 3.78. The van der Waals surface area contributed by atoms with Crippen LogP contribution in [-0.4, -0.2) is 16.1 Å². The second kappa shape index (κ2) is 7.87. The van der Waals surface area contributed by atoms with Gasteiger partial charge in [-0.15, -0.1) is 0 Å². The number of ether oxygens (including phenoxy) is 1. The highest BCUT2D eigenvalue weighted by Crippen LogP contribution is 2.28. The zero-order valence-corrected chi connectivity index (χ0v) is 16.9. The summed E-state index contributed by atoms with van der Waals surface area (Å²) in [5.74, 6) is 0.497. The lowest BCUT2D eigenvalue weighted by atomic mass is 10.0. The molecule has 0 amide bonds. The minimum absolute atomic E-state index is 0.0176. The molecule has 3 heterocycles. The van der Waals surface area contributed by atoms with Crippen molar-refractivity contribution in [1.82, 2.24) is 10.1 Å². The van der Waals surface area contributed by atoms with Crippen molar-refractivity contribution in [3.63, 3.8) is 0 Å². The molecule has 1 aliphatic rings. The van der Waals surface area contributed by atoms with Gasteiger partial charge in [0.2, 0.25) is 11.7 Å². The zero-order valence-electron chi connectivity index (χ0n) is 16.1.